The van der Waals surface area contributed by atoms with Gasteiger partial charge in [-0.3, -0.25) is 4.79 Å². The molecule has 5 heteroatoms. The summed E-state index contributed by atoms with van der Waals surface area (Å²) in [6, 6.07) is 11.9. The van der Waals surface area contributed by atoms with Crippen molar-refractivity contribution in [2.45, 2.75) is 25.7 Å². The molecule has 1 heterocycles. The Morgan fingerprint density at radius 2 is 2.05 bits per heavy atom. The first-order valence-corrected chi connectivity index (χ1v) is 7.65. The Morgan fingerprint density at radius 1 is 1.27 bits per heavy atom. The van der Waals surface area contributed by atoms with Crippen LogP contribution in [0.5, 0.6) is 0 Å². The van der Waals surface area contributed by atoms with Gasteiger partial charge in [0.15, 0.2) is 0 Å². The Balaban J connectivity index is 1.78. The van der Waals surface area contributed by atoms with E-state index in [1.54, 1.807) is 4.90 Å². The first-order valence-electron chi connectivity index (χ1n) is 7.65. The lowest BCUT2D eigenvalue weighted by molar-refractivity contribution is -0.130. The summed E-state index contributed by atoms with van der Waals surface area (Å²) < 4.78 is 5.36. The van der Waals surface area contributed by atoms with E-state index in [1.807, 2.05) is 43.4 Å². The van der Waals surface area contributed by atoms with E-state index < -0.39 is 0 Å². The first kappa shape index (κ1) is 16.2. The second-order valence-corrected chi connectivity index (χ2v) is 5.36. The molecule has 118 valence electrons. The Labute approximate surface area is 131 Å². The molecule has 0 aliphatic carbocycles. The van der Waals surface area contributed by atoms with Crippen molar-refractivity contribution in [1.82, 2.24) is 10.1 Å². The molecule has 22 heavy (non-hydrogen) atoms. The van der Waals surface area contributed by atoms with Gasteiger partial charge in [0, 0.05) is 38.1 Å². The van der Waals surface area contributed by atoms with Crippen molar-refractivity contribution in [3.63, 3.8) is 0 Å². The number of carbonyl (C=O) groups excluding carboxylic acids is 1. The lowest BCUT2D eigenvalue weighted by Crippen LogP contribution is -2.28. The zero-order chi connectivity index (χ0) is 15.8. The molecule has 2 N–H and O–H groups in total. The number of nitrogens with zero attached hydrogens (tertiary/aromatic N) is 2. The molecule has 5 nitrogen and oxygen atoms in total. The molecule has 0 unspecified atom stereocenters. The summed E-state index contributed by atoms with van der Waals surface area (Å²) in [7, 11) is 1.83. The van der Waals surface area contributed by atoms with Gasteiger partial charge in [0.2, 0.25) is 5.91 Å². The molecule has 0 radical (unpaired) electrons. The molecule has 0 saturated carbocycles. The molecule has 2 aromatic rings. The number of carbonyl (C=O) groups is 1. The molecule has 0 aliphatic rings. The third-order valence-electron chi connectivity index (χ3n) is 3.57. The molecule has 0 spiro atoms. The molecule has 0 saturated heterocycles. The average molecular weight is 301 g/mol. The second-order valence-electron chi connectivity index (χ2n) is 5.36. The number of amides is 1. The zero-order valence-electron chi connectivity index (χ0n) is 13.0. The van der Waals surface area contributed by atoms with E-state index in [0.29, 0.717) is 19.5 Å². The van der Waals surface area contributed by atoms with Crippen LogP contribution < -0.4 is 5.73 Å². The van der Waals surface area contributed by atoms with E-state index in [0.717, 1.165) is 36.3 Å². The van der Waals surface area contributed by atoms with Crippen molar-refractivity contribution in [3.8, 4) is 11.3 Å². The summed E-state index contributed by atoms with van der Waals surface area (Å²) in [5.41, 5.74) is 7.31. The average Bonchev–Trinajstić information content (AvgIpc) is 3.02. The van der Waals surface area contributed by atoms with Gasteiger partial charge in [-0.05, 0) is 19.4 Å². The molecule has 1 aromatic heterocycles. The molecule has 0 atom stereocenters. The van der Waals surface area contributed by atoms with E-state index >= 15 is 0 Å². The largest absolute Gasteiger partial charge is 0.361 e. The third-order valence-corrected chi connectivity index (χ3v) is 3.57. The minimum absolute atomic E-state index is 0.146. The van der Waals surface area contributed by atoms with Gasteiger partial charge in [-0.1, -0.05) is 35.5 Å². The van der Waals surface area contributed by atoms with E-state index in [1.165, 1.54) is 0 Å². The minimum atomic E-state index is 0.146. The SMILES string of the molecule is CN(CCCc1cc(-c2ccccc2)no1)C(=O)CCCN. The maximum Gasteiger partial charge on any atom is 0.222 e. The normalized spacial score (nSPS) is 10.6. The van der Waals surface area contributed by atoms with Crippen molar-refractivity contribution in [3.05, 3.63) is 42.2 Å². The standard InChI is InChI=1S/C17H23N3O2/c1-20(17(21)10-5-11-18)12-6-9-15-13-16(19-22-15)14-7-3-2-4-8-14/h2-4,7-8,13H,5-6,9-12,18H2,1H3. The number of aryl methyl sites for hydroxylation is 1. The van der Waals surface area contributed by atoms with Gasteiger partial charge in [-0.2, -0.15) is 0 Å². The minimum Gasteiger partial charge on any atom is -0.361 e. The lowest BCUT2D eigenvalue weighted by Gasteiger charge is -2.16. The van der Waals surface area contributed by atoms with Crippen LogP contribution in [0, 0.1) is 0 Å². The fourth-order valence-electron chi connectivity index (χ4n) is 2.24. The topological polar surface area (TPSA) is 72.4 Å². The van der Waals surface area contributed by atoms with Gasteiger partial charge < -0.3 is 15.2 Å². The highest BCUT2D eigenvalue weighted by molar-refractivity contribution is 5.75. The summed E-state index contributed by atoms with van der Waals surface area (Å²) in [4.78, 5) is 13.5. The zero-order valence-corrected chi connectivity index (χ0v) is 13.0. The van der Waals surface area contributed by atoms with Crippen LogP contribution in [-0.2, 0) is 11.2 Å². The molecule has 0 fully saturated rings. The van der Waals surface area contributed by atoms with Crippen molar-refractivity contribution in [2.24, 2.45) is 5.73 Å². The van der Waals surface area contributed by atoms with Crippen molar-refractivity contribution < 1.29 is 9.32 Å². The van der Waals surface area contributed by atoms with Gasteiger partial charge in [0.25, 0.3) is 0 Å². The fourth-order valence-corrected chi connectivity index (χ4v) is 2.24. The maximum absolute atomic E-state index is 11.8. The van der Waals surface area contributed by atoms with Gasteiger partial charge in [-0.15, -0.1) is 0 Å². The lowest BCUT2D eigenvalue weighted by atomic mass is 10.1. The van der Waals surface area contributed by atoms with Crippen LogP contribution >= 0.6 is 0 Å². The van der Waals surface area contributed by atoms with Gasteiger partial charge in [0.05, 0.1) is 0 Å². The smallest absolute Gasteiger partial charge is 0.222 e. The van der Waals surface area contributed by atoms with Crippen LogP contribution in [0.4, 0.5) is 0 Å². The van der Waals surface area contributed by atoms with Crippen molar-refractivity contribution >= 4 is 5.91 Å². The summed E-state index contributed by atoms with van der Waals surface area (Å²) in [5.74, 6) is 0.995. The second kappa shape index (κ2) is 8.34. The fraction of sp³-hybridized carbons (Fsp3) is 0.412. The van der Waals surface area contributed by atoms with E-state index in [2.05, 4.69) is 5.16 Å². The van der Waals surface area contributed by atoms with Crippen LogP contribution in [-0.4, -0.2) is 36.1 Å². The first-order chi connectivity index (χ1) is 10.7. The number of hydrogen-bond acceptors (Lipinski definition) is 4. The number of benzene rings is 1. The van der Waals surface area contributed by atoms with Crippen LogP contribution in [0.25, 0.3) is 11.3 Å². The highest BCUT2D eigenvalue weighted by atomic mass is 16.5. The molecule has 0 aliphatic heterocycles. The van der Waals surface area contributed by atoms with Crippen LogP contribution in [0.15, 0.2) is 40.9 Å². The number of nitrogens with two attached hydrogens (primary N) is 1. The van der Waals surface area contributed by atoms with E-state index in [-0.39, 0.29) is 5.91 Å². The van der Waals surface area contributed by atoms with Crippen LogP contribution in [0.3, 0.4) is 0 Å². The van der Waals surface area contributed by atoms with E-state index in [9.17, 15) is 4.79 Å². The predicted molar refractivity (Wildman–Crippen MR) is 86.2 cm³/mol. The summed E-state index contributed by atoms with van der Waals surface area (Å²) in [5, 5.41) is 4.09. The van der Waals surface area contributed by atoms with Gasteiger partial charge >= 0.3 is 0 Å². The Hall–Kier alpha value is -2.14. The molecule has 1 aromatic carbocycles. The Kier molecular flexibility index (Phi) is 6.15. The van der Waals surface area contributed by atoms with Crippen molar-refractivity contribution in [2.75, 3.05) is 20.1 Å². The highest BCUT2D eigenvalue weighted by Crippen LogP contribution is 2.19. The summed E-state index contributed by atoms with van der Waals surface area (Å²) in [6.07, 6.45) is 2.89. The summed E-state index contributed by atoms with van der Waals surface area (Å²) >= 11 is 0. The van der Waals surface area contributed by atoms with Crippen molar-refractivity contribution in [1.29, 1.82) is 0 Å². The molecule has 2 rings (SSSR count). The monoisotopic (exact) mass is 301 g/mol. The molecule has 1 amide bonds. The number of rotatable bonds is 8. The van der Waals surface area contributed by atoms with Gasteiger partial charge in [0.1, 0.15) is 11.5 Å². The predicted octanol–water partition coefficient (Wildman–Crippen LogP) is 2.47. The van der Waals surface area contributed by atoms with Crippen LogP contribution in [0.2, 0.25) is 0 Å². The van der Waals surface area contributed by atoms with Gasteiger partial charge in [-0.25, -0.2) is 0 Å². The molecule has 0 bridgehead atoms. The third kappa shape index (κ3) is 4.70. The summed E-state index contributed by atoms with van der Waals surface area (Å²) in [6.45, 7) is 1.27. The molecular formula is C17H23N3O2. The Morgan fingerprint density at radius 3 is 2.77 bits per heavy atom. The Bertz CT molecular complexity index is 581. The number of hydrogen-bond donors (Lipinski definition) is 1. The quantitative estimate of drug-likeness (QED) is 0.813. The molecular weight excluding hydrogens is 278 g/mol. The maximum atomic E-state index is 11.8. The number of aromatic nitrogens is 1. The van der Waals surface area contributed by atoms with E-state index in [4.69, 9.17) is 10.3 Å². The highest BCUT2D eigenvalue weighted by Gasteiger charge is 2.09. The van der Waals surface area contributed by atoms with Crippen LogP contribution in [0.1, 0.15) is 25.0 Å².